The summed E-state index contributed by atoms with van der Waals surface area (Å²) >= 11 is 0. The molecule has 162 valence electrons. The highest BCUT2D eigenvalue weighted by molar-refractivity contribution is 5.71. The summed E-state index contributed by atoms with van der Waals surface area (Å²) in [6, 6.07) is 0. The predicted molar refractivity (Wildman–Crippen MR) is 108 cm³/mol. The molecule has 28 heavy (non-hydrogen) atoms. The number of ether oxygens (including phenoxy) is 3. The Morgan fingerprint density at radius 2 is 1.43 bits per heavy atom. The first-order chi connectivity index (χ1) is 13.7. The normalized spacial score (nSPS) is 34.1. The second kappa shape index (κ2) is 11.5. The second-order valence-corrected chi connectivity index (χ2v) is 8.98. The van der Waals surface area contributed by atoms with E-state index in [9.17, 15) is 9.90 Å². The van der Waals surface area contributed by atoms with E-state index in [1.807, 2.05) is 0 Å². The van der Waals surface area contributed by atoms with Crippen LogP contribution in [-0.2, 0) is 19.0 Å². The van der Waals surface area contributed by atoms with Crippen molar-refractivity contribution in [3.05, 3.63) is 0 Å². The van der Waals surface area contributed by atoms with E-state index < -0.39 is 0 Å². The summed E-state index contributed by atoms with van der Waals surface area (Å²) in [5, 5.41) is 10.5. The maximum atomic E-state index is 11.3. The molecule has 0 saturated carbocycles. The lowest BCUT2D eigenvalue weighted by Crippen LogP contribution is -2.33. The lowest BCUT2D eigenvalue weighted by molar-refractivity contribution is -0.149. The smallest absolute Gasteiger partial charge is 0.306 e. The summed E-state index contributed by atoms with van der Waals surface area (Å²) in [5.74, 6) is -0.0988. The Balaban J connectivity index is 1.27. The molecule has 3 rings (SSSR count). The molecule has 0 aromatic heterocycles. The molecule has 3 aliphatic rings. The Kier molecular flexibility index (Phi) is 9.06. The third-order valence-electron chi connectivity index (χ3n) is 6.70. The third kappa shape index (κ3) is 6.43. The highest BCUT2D eigenvalue weighted by Gasteiger charge is 2.43. The molecule has 0 aromatic rings. The van der Waals surface area contributed by atoms with Gasteiger partial charge in [-0.3, -0.25) is 4.79 Å². The van der Waals surface area contributed by atoms with Crippen molar-refractivity contribution >= 4 is 5.97 Å². The van der Waals surface area contributed by atoms with Crippen LogP contribution < -0.4 is 0 Å². The van der Waals surface area contributed by atoms with E-state index >= 15 is 0 Å². The summed E-state index contributed by atoms with van der Waals surface area (Å²) in [4.78, 5) is 11.3. The number of cyclic esters (lactones) is 1. The fraction of sp³-hybridized carbons (Fsp3) is 0.957. The molecule has 6 atom stereocenters. The Bertz CT molecular complexity index is 468. The van der Waals surface area contributed by atoms with Crippen molar-refractivity contribution in [1.29, 1.82) is 0 Å². The lowest BCUT2D eigenvalue weighted by Gasteiger charge is -2.24. The zero-order valence-corrected chi connectivity index (χ0v) is 17.7. The van der Waals surface area contributed by atoms with Crippen LogP contribution in [-0.4, -0.2) is 47.7 Å². The summed E-state index contributed by atoms with van der Waals surface area (Å²) in [7, 11) is 0. The van der Waals surface area contributed by atoms with Crippen molar-refractivity contribution in [1.82, 2.24) is 0 Å². The second-order valence-electron chi connectivity index (χ2n) is 8.98. The van der Waals surface area contributed by atoms with Crippen molar-refractivity contribution in [2.75, 3.05) is 0 Å². The first-order valence-electron chi connectivity index (χ1n) is 11.9. The lowest BCUT2D eigenvalue weighted by atomic mass is 10.0. The van der Waals surface area contributed by atoms with Crippen LogP contribution in [0, 0.1) is 0 Å². The minimum absolute atomic E-state index is 0.0290. The number of rotatable bonds is 12. The van der Waals surface area contributed by atoms with Crippen molar-refractivity contribution in [2.45, 2.75) is 140 Å². The van der Waals surface area contributed by atoms with Gasteiger partial charge in [-0.25, -0.2) is 0 Å². The molecule has 0 unspecified atom stereocenters. The first kappa shape index (κ1) is 22.0. The van der Waals surface area contributed by atoms with E-state index in [1.54, 1.807) is 0 Å². The number of carbonyl (C=O) groups is 1. The first-order valence-corrected chi connectivity index (χ1v) is 11.9. The molecule has 0 spiro atoms. The number of carbonyl (C=O) groups excluding carboxylic acids is 1. The van der Waals surface area contributed by atoms with Gasteiger partial charge in [0.15, 0.2) is 0 Å². The molecule has 3 saturated heterocycles. The Morgan fingerprint density at radius 3 is 2.11 bits per heavy atom. The SMILES string of the molecule is CCCCCCCCCC[C@@H](O)[C@H]1CC[C@H]([C@@H]2CC[C@@H]([C@H]3CCC(=O)O3)O2)O1. The van der Waals surface area contributed by atoms with Gasteiger partial charge in [0.1, 0.15) is 6.10 Å². The molecule has 3 heterocycles. The van der Waals surface area contributed by atoms with Gasteiger partial charge < -0.3 is 19.3 Å². The van der Waals surface area contributed by atoms with Crippen LogP contribution in [0.25, 0.3) is 0 Å². The largest absolute Gasteiger partial charge is 0.460 e. The highest BCUT2D eigenvalue weighted by atomic mass is 16.6. The molecule has 0 amide bonds. The Labute approximate surface area is 170 Å². The quantitative estimate of drug-likeness (QED) is 0.383. The zero-order chi connectivity index (χ0) is 19.8. The van der Waals surface area contributed by atoms with Crippen molar-refractivity contribution in [2.24, 2.45) is 0 Å². The van der Waals surface area contributed by atoms with Gasteiger partial charge in [0.25, 0.3) is 0 Å². The summed E-state index contributed by atoms with van der Waals surface area (Å²) < 4.78 is 17.7. The molecule has 0 bridgehead atoms. The van der Waals surface area contributed by atoms with E-state index in [1.165, 1.54) is 44.9 Å². The molecule has 3 aliphatic heterocycles. The number of aliphatic hydroxyl groups is 1. The van der Waals surface area contributed by atoms with Crippen molar-refractivity contribution in [3.63, 3.8) is 0 Å². The molecule has 0 aliphatic carbocycles. The highest BCUT2D eigenvalue weighted by Crippen LogP contribution is 2.36. The van der Waals surface area contributed by atoms with Crippen LogP contribution in [0.4, 0.5) is 0 Å². The van der Waals surface area contributed by atoms with Crippen LogP contribution in [0.15, 0.2) is 0 Å². The number of esters is 1. The van der Waals surface area contributed by atoms with Crippen LogP contribution in [0.3, 0.4) is 0 Å². The average molecular weight is 397 g/mol. The molecule has 1 N–H and O–H groups in total. The minimum Gasteiger partial charge on any atom is -0.460 e. The van der Waals surface area contributed by atoms with Crippen LogP contribution >= 0.6 is 0 Å². The number of unbranched alkanes of at least 4 members (excludes halogenated alkanes) is 7. The maximum absolute atomic E-state index is 11.3. The zero-order valence-electron chi connectivity index (χ0n) is 17.7. The minimum atomic E-state index is -0.349. The molecule has 0 radical (unpaired) electrons. The van der Waals surface area contributed by atoms with E-state index in [4.69, 9.17) is 14.2 Å². The molecule has 3 fully saturated rings. The van der Waals surface area contributed by atoms with Gasteiger partial charge in [-0.1, -0.05) is 58.3 Å². The number of aliphatic hydroxyl groups excluding tert-OH is 1. The molecule has 5 nitrogen and oxygen atoms in total. The van der Waals surface area contributed by atoms with Gasteiger partial charge in [0, 0.05) is 6.42 Å². The van der Waals surface area contributed by atoms with E-state index in [2.05, 4.69) is 6.92 Å². The fourth-order valence-electron chi connectivity index (χ4n) is 4.96. The standard InChI is InChI=1S/C23H40O5/c1-2-3-4-5-6-7-8-9-10-17(24)18-11-12-19(26-18)20-13-14-21(27-20)22-15-16-23(25)28-22/h17-22,24H,2-16H2,1H3/t17-,18-,19-,20+,21+,22-/m1/s1. The van der Waals surface area contributed by atoms with Gasteiger partial charge in [0.05, 0.1) is 30.5 Å². The van der Waals surface area contributed by atoms with Gasteiger partial charge in [-0.2, -0.15) is 0 Å². The van der Waals surface area contributed by atoms with Crippen LogP contribution in [0.2, 0.25) is 0 Å². The molecule has 0 aromatic carbocycles. The Morgan fingerprint density at radius 1 is 0.821 bits per heavy atom. The number of hydrogen-bond acceptors (Lipinski definition) is 5. The van der Waals surface area contributed by atoms with Gasteiger partial charge >= 0.3 is 5.97 Å². The maximum Gasteiger partial charge on any atom is 0.306 e. The van der Waals surface area contributed by atoms with Gasteiger partial charge in [-0.05, 0) is 38.5 Å². The summed E-state index contributed by atoms with van der Waals surface area (Å²) in [6.07, 6.45) is 16.0. The van der Waals surface area contributed by atoms with Crippen LogP contribution in [0.5, 0.6) is 0 Å². The third-order valence-corrected chi connectivity index (χ3v) is 6.70. The van der Waals surface area contributed by atoms with E-state index in [0.717, 1.165) is 44.9 Å². The monoisotopic (exact) mass is 396 g/mol. The van der Waals surface area contributed by atoms with Crippen molar-refractivity contribution < 1.29 is 24.1 Å². The van der Waals surface area contributed by atoms with Gasteiger partial charge in [0.2, 0.25) is 0 Å². The van der Waals surface area contributed by atoms with Gasteiger partial charge in [-0.15, -0.1) is 0 Å². The topological polar surface area (TPSA) is 65.0 Å². The fourth-order valence-corrected chi connectivity index (χ4v) is 4.96. The average Bonchev–Trinajstić information content (AvgIpc) is 3.43. The predicted octanol–water partition coefficient (Wildman–Crippen LogP) is 4.68. The van der Waals surface area contributed by atoms with E-state index in [-0.39, 0.29) is 42.6 Å². The Hall–Kier alpha value is -0.650. The number of hydrogen-bond donors (Lipinski definition) is 1. The molecule has 5 heteroatoms. The molecular weight excluding hydrogens is 356 g/mol. The molecular formula is C23H40O5. The summed E-state index contributed by atoms with van der Waals surface area (Å²) in [6.45, 7) is 2.25. The van der Waals surface area contributed by atoms with E-state index in [0.29, 0.717) is 6.42 Å². The summed E-state index contributed by atoms with van der Waals surface area (Å²) in [5.41, 5.74) is 0. The van der Waals surface area contributed by atoms with Crippen molar-refractivity contribution in [3.8, 4) is 0 Å². The van der Waals surface area contributed by atoms with Crippen LogP contribution in [0.1, 0.15) is 103 Å².